The Hall–Kier alpha value is -1.08. The molecule has 1 heterocycles. The van der Waals surface area contributed by atoms with Crippen LogP contribution in [0.2, 0.25) is 0 Å². The van der Waals surface area contributed by atoms with Gasteiger partial charge >= 0.3 is 0 Å². The lowest BCUT2D eigenvalue weighted by molar-refractivity contribution is -0.138. The number of hydrogen-bond donors (Lipinski definition) is 1. The standard InChI is InChI=1S/C10H17N3O/c1-10(2,7-11)9(14)13-5-3-4-8(12)6-13/h8H,3-6,12H2,1-2H3/t8-/m1/s1. The lowest BCUT2D eigenvalue weighted by Crippen LogP contribution is -2.49. The van der Waals surface area contributed by atoms with E-state index in [1.54, 1.807) is 18.7 Å². The summed E-state index contributed by atoms with van der Waals surface area (Å²) in [6, 6.07) is 2.09. The van der Waals surface area contributed by atoms with Crippen LogP contribution in [0.1, 0.15) is 26.7 Å². The maximum atomic E-state index is 11.8. The average molecular weight is 195 g/mol. The first-order chi connectivity index (χ1) is 6.47. The molecule has 1 aliphatic rings. The zero-order chi connectivity index (χ0) is 10.8. The fourth-order valence-electron chi connectivity index (χ4n) is 1.64. The van der Waals surface area contributed by atoms with Crippen molar-refractivity contribution < 1.29 is 4.79 Å². The van der Waals surface area contributed by atoms with Gasteiger partial charge in [-0.25, -0.2) is 0 Å². The Morgan fingerprint density at radius 1 is 1.64 bits per heavy atom. The van der Waals surface area contributed by atoms with E-state index in [1.807, 2.05) is 6.07 Å². The monoisotopic (exact) mass is 195 g/mol. The summed E-state index contributed by atoms with van der Waals surface area (Å²) in [7, 11) is 0. The Morgan fingerprint density at radius 3 is 2.79 bits per heavy atom. The first-order valence-electron chi connectivity index (χ1n) is 4.93. The molecule has 1 amide bonds. The summed E-state index contributed by atoms with van der Waals surface area (Å²) in [5.74, 6) is -0.102. The number of nitrogens with zero attached hydrogens (tertiary/aromatic N) is 2. The van der Waals surface area contributed by atoms with E-state index in [1.165, 1.54) is 0 Å². The third kappa shape index (κ3) is 2.24. The lowest BCUT2D eigenvalue weighted by Gasteiger charge is -2.33. The van der Waals surface area contributed by atoms with Gasteiger partial charge in [0.2, 0.25) is 5.91 Å². The first-order valence-corrected chi connectivity index (χ1v) is 4.93. The predicted octanol–water partition coefficient (Wildman–Crippen LogP) is 0.486. The summed E-state index contributed by atoms with van der Waals surface area (Å²) in [6.45, 7) is 4.62. The van der Waals surface area contributed by atoms with Gasteiger partial charge in [-0.1, -0.05) is 0 Å². The van der Waals surface area contributed by atoms with E-state index in [9.17, 15) is 4.79 Å². The highest BCUT2D eigenvalue weighted by Crippen LogP contribution is 2.20. The van der Waals surface area contributed by atoms with Crippen molar-refractivity contribution >= 4 is 5.91 Å². The van der Waals surface area contributed by atoms with Crippen molar-refractivity contribution in [1.82, 2.24) is 4.90 Å². The molecule has 0 bridgehead atoms. The Morgan fingerprint density at radius 2 is 2.29 bits per heavy atom. The molecule has 0 spiro atoms. The van der Waals surface area contributed by atoms with Crippen molar-refractivity contribution in [1.29, 1.82) is 5.26 Å². The Bertz CT molecular complexity index is 267. The molecule has 4 heteroatoms. The molecule has 0 aliphatic carbocycles. The lowest BCUT2D eigenvalue weighted by atomic mass is 9.92. The van der Waals surface area contributed by atoms with Crippen LogP contribution >= 0.6 is 0 Å². The third-order valence-electron chi connectivity index (χ3n) is 2.56. The van der Waals surface area contributed by atoms with Crippen molar-refractivity contribution in [2.45, 2.75) is 32.7 Å². The molecule has 0 saturated carbocycles. The molecule has 1 fully saturated rings. The number of piperidine rings is 1. The molecule has 0 aromatic carbocycles. The molecule has 78 valence electrons. The minimum Gasteiger partial charge on any atom is -0.340 e. The molecule has 1 saturated heterocycles. The number of amides is 1. The second-order valence-corrected chi connectivity index (χ2v) is 4.39. The van der Waals surface area contributed by atoms with Gasteiger partial charge in [0.15, 0.2) is 0 Å². The molecule has 2 N–H and O–H groups in total. The highest BCUT2D eigenvalue weighted by atomic mass is 16.2. The van der Waals surface area contributed by atoms with Gasteiger partial charge in [-0.15, -0.1) is 0 Å². The van der Waals surface area contributed by atoms with Gasteiger partial charge in [0.25, 0.3) is 0 Å². The van der Waals surface area contributed by atoms with Crippen LogP contribution in [0.4, 0.5) is 0 Å². The summed E-state index contributed by atoms with van der Waals surface area (Å²) in [6.07, 6.45) is 1.91. The maximum absolute atomic E-state index is 11.8. The molecular formula is C10H17N3O. The van der Waals surface area contributed by atoms with Crippen molar-refractivity contribution in [2.75, 3.05) is 13.1 Å². The van der Waals surface area contributed by atoms with E-state index in [0.717, 1.165) is 19.4 Å². The van der Waals surface area contributed by atoms with E-state index in [2.05, 4.69) is 0 Å². The van der Waals surface area contributed by atoms with E-state index in [-0.39, 0.29) is 11.9 Å². The zero-order valence-electron chi connectivity index (χ0n) is 8.79. The molecule has 4 nitrogen and oxygen atoms in total. The molecule has 0 aromatic rings. The van der Waals surface area contributed by atoms with Crippen molar-refractivity contribution in [2.24, 2.45) is 11.1 Å². The summed E-state index contributed by atoms with van der Waals surface area (Å²) >= 11 is 0. The van der Waals surface area contributed by atoms with Crippen LogP contribution in [0.3, 0.4) is 0 Å². The van der Waals surface area contributed by atoms with Crippen LogP contribution in [-0.4, -0.2) is 29.9 Å². The maximum Gasteiger partial charge on any atom is 0.242 e. The summed E-state index contributed by atoms with van der Waals surface area (Å²) in [4.78, 5) is 13.6. The first kappa shape index (κ1) is 11.0. The molecule has 1 atom stereocenters. The van der Waals surface area contributed by atoms with Crippen molar-refractivity contribution in [3.8, 4) is 6.07 Å². The van der Waals surface area contributed by atoms with Crippen LogP contribution in [-0.2, 0) is 4.79 Å². The normalized spacial score (nSPS) is 23.0. The van der Waals surface area contributed by atoms with E-state index < -0.39 is 5.41 Å². The smallest absolute Gasteiger partial charge is 0.242 e. The quantitative estimate of drug-likeness (QED) is 0.661. The Labute approximate surface area is 84.7 Å². The highest BCUT2D eigenvalue weighted by Gasteiger charge is 2.33. The second kappa shape index (κ2) is 3.97. The number of carbonyl (C=O) groups is 1. The molecule has 1 aliphatic heterocycles. The number of rotatable bonds is 1. The minimum absolute atomic E-state index is 0.0715. The molecule has 14 heavy (non-hydrogen) atoms. The molecule has 0 aromatic heterocycles. The largest absolute Gasteiger partial charge is 0.340 e. The van der Waals surface area contributed by atoms with E-state index in [4.69, 9.17) is 11.0 Å². The van der Waals surface area contributed by atoms with Gasteiger partial charge in [0.1, 0.15) is 5.41 Å². The number of likely N-dealkylation sites (tertiary alicyclic amines) is 1. The van der Waals surface area contributed by atoms with E-state index in [0.29, 0.717) is 6.54 Å². The summed E-state index contributed by atoms with van der Waals surface area (Å²) in [5, 5.41) is 8.83. The summed E-state index contributed by atoms with van der Waals surface area (Å²) in [5.41, 5.74) is 4.85. The fraction of sp³-hybridized carbons (Fsp3) is 0.800. The van der Waals surface area contributed by atoms with Crippen molar-refractivity contribution in [3.05, 3.63) is 0 Å². The highest BCUT2D eigenvalue weighted by molar-refractivity contribution is 5.84. The number of hydrogen-bond acceptors (Lipinski definition) is 3. The van der Waals surface area contributed by atoms with Crippen LogP contribution in [0.5, 0.6) is 0 Å². The molecule has 0 unspecified atom stereocenters. The fourth-order valence-corrected chi connectivity index (χ4v) is 1.64. The van der Waals surface area contributed by atoms with Crippen LogP contribution in [0.25, 0.3) is 0 Å². The number of nitrogens with two attached hydrogens (primary N) is 1. The van der Waals surface area contributed by atoms with Crippen LogP contribution in [0, 0.1) is 16.7 Å². The average Bonchev–Trinajstić information content (AvgIpc) is 2.16. The van der Waals surface area contributed by atoms with Gasteiger partial charge in [-0.05, 0) is 26.7 Å². The Balaban J connectivity index is 2.66. The zero-order valence-corrected chi connectivity index (χ0v) is 8.79. The number of nitriles is 1. The Kier molecular flexibility index (Phi) is 3.12. The number of carbonyl (C=O) groups excluding carboxylic acids is 1. The van der Waals surface area contributed by atoms with Gasteiger partial charge in [0.05, 0.1) is 6.07 Å². The molecular weight excluding hydrogens is 178 g/mol. The summed E-state index contributed by atoms with van der Waals surface area (Å²) < 4.78 is 0. The molecule has 1 rings (SSSR count). The third-order valence-corrected chi connectivity index (χ3v) is 2.56. The van der Waals surface area contributed by atoms with Crippen LogP contribution < -0.4 is 5.73 Å². The SMILES string of the molecule is CC(C)(C#N)C(=O)N1CCC[C@@H](N)C1. The van der Waals surface area contributed by atoms with Gasteiger partial charge in [-0.3, -0.25) is 4.79 Å². The van der Waals surface area contributed by atoms with Gasteiger partial charge < -0.3 is 10.6 Å². The van der Waals surface area contributed by atoms with Gasteiger partial charge in [-0.2, -0.15) is 5.26 Å². The van der Waals surface area contributed by atoms with E-state index >= 15 is 0 Å². The van der Waals surface area contributed by atoms with Crippen LogP contribution in [0.15, 0.2) is 0 Å². The topological polar surface area (TPSA) is 70.1 Å². The second-order valence-electron chi connectivity index (χ2n) is 4.39. The predicted molar refractivity (Wildman–Crippen MR) is 53.2 cm³/mol. The minimum atomic E-state index is -0.920. The molecule has 0 radical (unpaired) electrons. The van der Waals surface area contributed by atoms with Crippen molar-refractivity contribution in [3.63, 3.8) is 0 Å². The van der Waals surface area contributed by atoms with Gasteiger partial charge in [0, 0.05) is 19.1 Å².